The molecule has 8 heteroatoms. The van der Waals surface area contributed by atoms with Crippen molar-refractivity contribution in [3.8, 4) is 5.69 Å². The molecule has 1 aliphatic rings. The number of carboxylic acid groups (broad SMARTS) is 1. The molecule has 1 aromatic heterocycles. The first-order valence-corrected chi connectivity index (χ1v) is 9.94. The standard InChI is InChI=1S/C21H18FN3O3S/c1-11-17-18(13-3-5-14(6-4-13)21(27)28)29-12(2)20(26)23-19(17)25(24-11)16-9-7-15(22)8-10-16/h3-10,12,18H,1-2H3,(H,23,26)(H,27,28). The van der Waals surface area contributed by atoms with E-state index in [4.69, 9.17) is 5.11 Å². The normalized spacial score (nSPS) is 18.7. The van der Waals surface area contributed by atoms with Crippen molar-refractivity contribution < 1.29 is 19.1 Å². The molecule has 0 fully saturated rings. The van der Waals surface area contributed by atoms with Crippen molar-refractivity contribution in [1.82, 2.24) is 9.78 Å². The summed E-state index contributed by atoms with van der Waals surface area (Å²) in [5.41, 5.74) is 3.30. The number of hydrogen-bond acceptors (Lipinski definition) is 4. The van der Waals surface area contributed by atoms with Gasteiger partial charge < -0.3 is 10.4 Å². The smallest absolute Gasteiger partial charge is 0.335 e. The first-order valence-electron chi connectivity index (χ1n) is 9.00. The third-order valence-corrected chi connectivity index (χ3v) is 6.25. The number of hydrogen-bond donors (Lipinski definition) is 2. The largest absolute Gasteiger partial charge is 0.478 e. The van der Waals surface area contributed by atoms with Crippen molar-refractivity contribution in [2.45, 2.75) is 24.3 Å². The Labute approximate surface area is 170 Å². The van der Waals surface area contributed by atoms with E-state index in [1.54, 1.807) is 41.1 Å². The lowest BCUT2D eigenvalue weighted by atomic mass is 10.0. The number of aryl methyl sites for hydroxylation is 1. The number of rotatable bonds is 3. The van der Waals surface area contributed by atoms with E-state index in [1.165, 1.54) is 23.9 Å². The zero-order valence-corrected chi connectivity index (χ0v) is 16.5. The van der Waals surface area contributed by atoms with E-state index >= 15 is 0 Å². The molecule has 0 saturated carbocycles. The van der Waals surface area contributed by atoms with E-state index in [0.717, 1.165) is 16.8 Å². The molecule has 0 saturated heterocycles. The minimum atomic E-state index is -0.990. The maximum absolute atomic E-state index is 13.4. The molecule has 1 amide bonds. The van der Waals surface area contributed by atoms with Crippen LogP contribution in [-0.4, -0.2) is 32.0 Å². The van der Waals surface area contributed by atoms with Gasteiger partial charge in [-0.15, -0.1) is 11.8 Å². The Morgan fingerprint density at radius 2 is 1.83 bits per heavy atom. The van der Waals surface area contributed by atoms with Gasteiger partial charge >= 0.3 is 5.97 Å². The highest BCUT2D eigenvalue weighted by atomic mass is 32.2. The van der Waals surface area contributed by atoms with Crippen molar-refractivity contribution in [2.75, 3.05) is 5.32 Å². The lowest BCUT2D eigenvalue weighted by Crippen LogP contribution is -2.22. The van der Waals surface area contributed by atoms with E-state index in [9.17, 15) is 14.0 Å². The summed E-state index contributed by atoms with van der Waals surface area (Å²) in [7, 11) is 0. The molecule has 4 rings (SSSR count). The van der Waals surface area contributed by atoms with Gasteiger partial charge in [0, 0.05) is 5.56 Å². The number of aromatic carboxylic acids is 1. The molecule has 0 aliphatic carbocycles. The number of halogens is 1. The Bertz CT molecular complexity index is 1090. The van der Waals surface area contributed by atoms with Crippen LogP contribution >= 0.6 is 11.8 Å². The van der Waals surface area contributed by atoms with E-state index in [0.29, 0.717) is 11.5 Å². The first kappa shape index (κ1) is 19.2. The van der Waals surface area contributed by atoms with Gasteiger partial charge in [0.1, 0.15) is 11.6 Å². The Morgan fingerprint density at radius 1 is 1.17 bits per heavy atom. The third kappa shape index (κ3) is 3.51. The summed E-state index contributed by atoms with van der Waals surface area (Å²) in [6.45, 7) is 3.69. The summed E-state index contributed by atoms with van der Waals surface area (Å²) in [6.07, 6.45) is 0. The zero-order chi connectivity index (χ0) is 20.7. The van der Waals surface area contributed by atoms with Gasteiger partial charge in [0.25, 0.3) is 0 Å². The van der Waals surface area contributed by atoms with Crippen LogP contribution in [0.15, 0.2) is 48.5 Å². The van der Waals surface area contributed by atoms with Crippen LogP contribution < -0.4 is 5.32 Å². The number of carbonyl (C=O) groups is 2. The second kappa shape index (κ2) is 7.36. The lowest BCUT2D eigenvalue weighted by molar-refractivity contribution is -0.115. The number of amides is 1. The maximum atomic E-state index is 13.4. The molecule has 1 aliphatic heterocycles. The van der Waals surface area contributed by atoms with Gasteiger partial charge in [0.15, 0.2) is 0 Å². The van der Waals surface area contributed by atoms with Gasteiger partial charge in [0.05, 0.1) is 27.4 Å². The van der Waals surface area contributed by atoms with Crippen LogP contribution in [0, 0.1) is 12.7 Å². The molecule has 148 valence electrons. The number of fused-ring (bicyclic) bond motifs is 1. The van der Waals surface area contributed by atoms with E-state index in [1.807, 2.05) is 13.8 Å². The minimum Gasteiger partial charge on any atom is -0.478 e. The summed E-state index contributed by atoms with van der Waals surface area (Å²) in [6, 6.07) is 12.5. The number of nitrogens with zero attached hydrogens (tertiary/aromatic N) is 2. The molecule has 6 nitrogen and oxygen atoms in total. The van der Waals surface area contributed by atoms with Gasteiger partial charge in [-0.2, -0.15) is 5.10 Å². The van der Waals surface area contributed by atoms with Crippen molar-refractivity contribution in [1.29, 1.82) is 0 Å². The Morgan fingerprint density at radius 3 is 2.45 bits per heavy atom. The van der Waals surface area contributed by atoms with Crippen LogP contribution in [0.5, 0.6) is 0 Å². The van der Waals surface area contributed by atoms with Crippen LogP contribution in [-0.2, 0) is 4.79 Å². The van der Waals surface area contributed by atoms with E-state index in [-0.39, 0.29) is 27.8 Å². The van der Waals surface area contributed by atoms with Crippen LogP contribution in [0.3, 0.4) is 0 Å². The average molecular weight is 411 g/mol. The third-order valence-electron chi connectivity index (χ3n) is 4.85. The molecule has 2 N–H and O–H groups in total. The summed E-state index contributed by atoms with van der Waals surface area (Å²) in [5.74, 6) is -0.947. The fourth-order valence-corrected chi connectivity index (χ4v) is 4.66. The lowest BCUT2D eigenvalue weighted by Gasteiger charge is -2.17. The SMILES string of the molecule is Cc1nn(-c2ccc(F)cc2)c2c1C(c1ccc(C(=O)O)cc1)SC(C)C(=O)N2. The second-order valence-electron chi connectivity index (χ2n) is 6.81. The summed E-state index contributed by atoms with van der Waals surface area (Å²) in [5, 5.41) is 16.2. The molecular formula is C21H18FN3O3S. The van der Waals surface area contributed by atoms with Gasteiger partial charge in [0.2, 0.25) is 5.91 Å². The molecule has 0 spiro atoms. The van der Waals surface area contributed by atoms with Crippen LogP contribution in [0.1, 0.15) is 39.4 Å². The molecule has 3 aromatic rings. The summed E-state index contributed by atoms with van der Waals surface area (Å²) in [4.78, 5) is 23.8. The predicted octanol–water partition coefficient (Wildman–Crippen LogP) is 4.18. The Balaban J connectivity index is 1.86. The summed E-state index contributed by atoms with van der Waals surface area (Å²) < 4.78 is 15.0. The number of carbonyl (C=O) groups excluding carboxylic acids is 1. The monoisotopic (exact) mass is 411 g/mol. The van der Waals surface area contributed by atoms with E-state index < -0.39 is 5.97 Å². The fraction of sp³-hybridized carbons (Fsp3) is 0.190. The molecule has 2 heterocycles. The number of nitrogens with one attached hydrogen (secondary N) is 1. The number of aromatic nitrogens is 2. The van der Waals surface area contributed by atoms with Crippen LogP contribution in [0.4, 0.5) is 10.2 Å². The highest BCUT2D eigenvalue weighted by Crippen LogP contribution is 2.46. The average Bonchev–Trinajstić information content (AvgIpc) is 2.94. The van der Waals surface area contributed by atoms with Gasteiger partial charge in [-0.05, 0) is 55.8 Å². The molecule has 0 bridgehead atoms. The topological polar surface area (TPSA) is 84.2 Å². The summed E-state index contributed by atoms with van der Waals surface area (Å²) >= 11 is 1.48. The highest BCUT2D eigenvalue weighted by molar-refractivity contribution is 8.01. The van der Waals surface area contributed by atoms with Crippen molar-refractivity contribution >= 4 is 29.5 Å². The number of benzene rings is 2. The quantitative estimate of drug-likeness (QED) is 0.675. The molecule has 29 heavy (non-hydrogen) atoms. The fourth-order valence-electron chi connectivity index (χ4n) is 3.34. The van der Waals surface area contributed by atoms with Crippen molar-refractivity contribution in [3.05, 3.63) is 76.7 Å². The van der Waals surface area contributed by atoms with Crippen LogP contribution in [0.25, 0.3) is 5.69 Å². The van der Waals surface area contributed by atoms with E-state index in [2.05, 4.69) is 10.4 Å². The number of thioether (sulfide) groups is 1. The molecule has 2 aromatic carbocycles. The van der Waals surface area contributed by atoms with Gasteiger partial charge in [-0.3, -0.25) is 4.79 Å². The van der Waals surface area contributed by atoms with Crippen LogP contribution in [0.2, 0.25) is 0 Å². The predicted molar refractivity (Wildman–Crippen MR) is 109 cm³/mol. The second-order valence-corrected chi connectivity index (χ2v) is 8.26. The molecule has 2 unspecified atom stereocenters. The highest BCUT2D eigenvalue weighted by Gasteiger charge is 2.34. The number of carboxylic acids is 1. The zero-order valence-electron chi connectivity index (χ0n) is 15.7. The van der Waals surface area contributed by atoms with Crippen molar-refractivity contribution in [3.63, 3.8) is 0 Å². The Kier molecular flexibility index (Phi) is 4.87. The van der Waals surface area contributed by atoms with Gasteiger partial charge in [-0.25, -0.2) is 13.9 Å². The first-order chi connectivity index (χ1) is 13.8. The molecule has 0 radical (unpaired) electrons. The molecular weight excluding hydrogens is 393 g/mol. The Hall–Kier alpha value is -3.13. The van der Waals surface area contributed by atoms with Gasteiger partial charge in [-0.1, -0.05) is 12.1 Å². The van der Waals surface area contributed by atoms with Crippen molar-refractivity contribution in [2.24, 2.45) is 0 Å². The molecule has 2 atom stereocenters. The number of anilines is 1. The minimum absolute atomic E-state index is 0.149. The maximum Gasteiger partial charge on any atom is 0.335 e.